The van der Waals surface area contributed by atoms with Gasteiger partial charge in [-0.25, -0.2) is 0 Å². The van der Waals surface area contributed by atoms with Crippen LogP contribution < -0.4 is 10.6 Å². The van der Waals surface area contributed by atoms with Crippen LogP contribution in [0.25, 0.3) is 0 Å². The fourth-order valence-corrected chi connectivity index (χ4v) is 4.87. The van der Waals surface area contributed by atoms with E-state index < -0.39 is 0 Å². The van der Waals surface area contributed by atoms with E-state index in [0.717, 1.165) is 15.7 Å². The molecule has 0 aliphatic carbocycles. The average Bonchev–Trinajstić information content (AvgIpc) is 3.22. The molecule has 1 atom stereocenters. The van der Waals surface area contributed by atoms with E-state index in [1.54, 1.807) is 24.3 Å². The standard InChI is InChI=1S/C25H29BrClN5O2S/c1-5-32-23(21(12-15(2)3)29-24(34)18-8-6-7-9-20(18)27)30-31-25(32)35-14-22(33)28-17-10-11-19(26)16(4)13-17/h6-11,13,15,21H,5,12,14H2,1-4H3,(H,28,33)(H,29,34)/t21-/m0/s1. The lowest BCUT2D eigenvalue weighted by Crippen LogP contribution is -2.31. The van der Waals surface area contributed by atoms with E-state index in [4.69, 9.17) is 11.6 Å². The molecule has 0 fully saturated rings. The summed E-state index contributed by atoms with van der Waals surface area (Å²) in [6.45, 7) is 8.74. The fourth-order valence-electron chi connectivity index (χ4n) is 3.59. The van der Waals surface area contributed by atoms with Gasteiger partial charge in [-0.2, -0.15) is 0 Å². The second kappa shape index (κ2) is 12.6. The molecule has 2 amide bonds. The molecule has 7 nitrogen and oxygen atoms in total. The van der Waals surface area contributed by atoms with E-state index in [0.29, 0.717) is 40.5 Å². The monoisotopic (exact) mass is 577 g/mol. The van der Waals surface area contributed by atoms with Gasteiger partial charge in [-0.1, -0.05) is 65.3 Å². The average molecular weight is 579 g/mol. The summed E-state index contributed by atoms with van der Waals surface area (Å²) in [5.74, 6) is 0.770. The second-order valence-electron chi connectivity index (χ2n) is 8.52. The molecular formula is C25H29BrClN5O2S. The number of carbonyl (C=O) groups excluding carboxylic acids is 2. The molecule has 2 aromatic carbocycles. The van der Waals surface area contributed by atoms with Crippen LogP contribution in [0.3, 0.4) is 0 Å². The van der Waals surface area contributed by atoms with Gasteiger partial charge in [-0.15, -0.1) is 10.2 Å². The van der Waals surface area contributed by atoms with Gasteiger partial charge in [0.1, 0.15) is 0 Å². The Kier molecular flexibility index (Phi) is 9.77. The number of aromatic nitrogens is 3. The summed E-state index contributed by atoms with van der Waals surface area (Å²) in [5.41, 5.74) is 2.20. The van der Waals surface area contributed by atoms with Crippen molar-refractivity contribution < 1.29 is 9.59 Å². The zero-order valence-corrected chi connectivity index (χ0v) is 23.3. The van der Waals surface area contributed by atoms with Crippen LogP contribution >= 0.6 is 39.3 Å². The topological polar surface area (TPSA) is 88.9 Å². The van der Waals surface area contributed by atoms with Crippen LogP contribution in [-0.4, -0.2) is 32.3 Å². The molecule has 0 spiro atoms. The minimum absolute atomic E-state index is 0.130. The van der Waals surface area contributed by atoms with Crippen molar-refractivity contribution >= 4 is 56.8 Å². The number of amides is 2. The number of rotatable bonds is 10. The van der Waals surface area contributed by atoms with Gasteiger partial charge in [0.2, 0.25) is 5.91 Å². The molecule has 1 heterocycles. The van der Waals surface area contributed by atoms with E-state index in [1.807, 2.05) is 36.6 Å². The van der Waals surface area contributed by atoms with Crippen molar-refractivity contribution in [1.29, 1.82) is 0 Å². The van der Waals surface area contributed by atoms with Gasteiger partial charge in [0.15, 0.2) is 11.0 Å². The highest BCUT2D eigenvalue weighted by Crippen LogP contribution is 2.26. The van der Waals surface area contributed by atoms with Crippen molar-refractivity contribution in [3.63, 3.8) is 0 Å². The van der Waals surface area contributed by atoms with Gasteiger partial charge in [-0.3, -0.25) is 9.59 Å². The second-order valence-corrected chi connectivity index (χ2v) is 10.7. The smallest absolute Gasteiger partial charge is 0.253 e. The Balaban J connectivity index is 1.73. The maximum absolute atomic E-state index is 13.0. The maximum atomic E-state index is 13.0. The summed E-state index contributed by atoms with van der Waals surface area (Å²) in [6, 6.07) is 12.3. The van der Waals surface area contributed by atoms with Crippen LogP contribution in [0.2, 0.25) is 5.02 Å². The highest BCUT2D eigenvalue weighted by atomic mass is 79.9. The molecule has 0 aliphatic heterocycles. The molecule has 10 heteroatoms. The van der Waals surface area contributed by atoms with E-state index in [1.165, 1.54) is 11.8 Å². The Hall–Kier alpha value is -2.36. The van der Waals surface area contributed by atoms with E-state index in [9.17, 15) is 9.59 Å². The molecule has 0 saturated carbocycles. The van der Waals surface area contributed by atoms with Crippen molar-refractivity contribution in [3.05, 3.63) is 68.9 Å². The third-order valence-electron chi connectivity index (χ3n) is 5.28. The molecule has 35 heavy (non-hydrogen) atoms. The molecule has 2 N–H and O–H groups in total. The van der Waals surface area contributed by atoms with Crippen LogP contribution in [-0.2, 0) is 11.3 Å². The van der Waals surface area contributed by atoms with Gasteiger partial charge in [0.05, 0.1) is 22.4 Å². The number of nitrogens with zero attached hydrogens (tertiary/aromatic N) is 3. The number of aryl methyl sites for hydroxylation is 1. The quantitative estimate of drug-likeness (QED) is 0.277. The molecule has 3 rings (SSSR count). The Labute approximate surface area is 223 Å². The lowest BCUT2D eigenvalue weighted by atomic mass is 10.0. The van der Waals surface area contributed by atoms with Crippen molar-refractivity contribution in [2.75, 3.05) is 11.1 Å². The van der Waals surface area contributed by atoms with Gasteiger partial charge in [0.25, 0.3) is 5.91 Å². The fraction of sp³-hybridized carbons (Fsp3) is 0.360. The number of benzene rings is 2. The number of halogens is 2. The highest BCUT2D eigenvalue weighted by molar-refractivity contribution is 9.10. The number of nitrogens with one attached hydrogen (secondary N) is 2. The van der Waals surface area contributed by atoms with Crippen molar-refractivity contribution in [2.24, 2.45) is 5.92 Å². The molecule has 0 unspecified atom stereocenters. The Morgan fingerprint density at radius 2 is 1.91 bits per heavy atom. The summed E-state index contributed by atoms with van der Waals surface area (Å²) in [4.78, 5) is 25.5. The first-order valence-corrected chi connectivity index (χ1v) is 13.5. The first kappa shape index (κ1) is 27.2. The zero-order chi connectivity index (χ0) is 25.5. The predicted molar refractivity (Wildman–Crippen MR) is 145 cm³/mol. The number of hydrogen-bond donors (Lipinski definition) is 2. The van der Waals surface area contributed by atoms with Crippen LogP contribution in [0.1, 0.15) is 55.0 Å². The molecular weight excluding hydrogens is 550 g/mol. The predicted octanol–water partition coefficient (Wildman–Crippen LogP) is 6.27. The summed E-state index contributed by atoms with van der Waals surface area (Å²) in [6.07, 6.45) is 0.683. The third kappa shape index (κ3) is 7.32. The van der Waals surface area contributed by atoms with E-state index in [-0.39, 0.29) is 23.6 Å². The Morgan fingerprint density at radius 1 is 1.17 bits per heavy atom. The molecule has 0 saturated heterocycles. The maximum Gasteiger partial charge on any atom is 0.253 e. The van der Waals surface area contributed by atoms with Gasteiger partial charge in [0, 0.05) is 16.7 Å². The molecule has 1 aromatic heterocycles. The lowest BCUT2D eigenvalue weighted by molar-refractivity contribution is -0.113. The van der Waals surface area contributed by atoms with Crippen LogP contribution in [0.4, 0.5) is 5.69 Å². The summed E-state index contributed by atoms with van der Waals surface area (Å²) < 4.78 is 2.94. The van der Waals surface area contributed by atoms with Gasteiger partial charge in [-0.05, 0) is 62.1 Å². The van der Waals surface area contributed by atoms with Crippen LogP contribution in [0.15, 0.2) is 52.1 Å². The molecule has 0 bridgehead atoms. The number of carbonyl (C=O) groups is 2. The largest absolute Gasteiger partial charge is 0.342 e. The first-order valence-electron chi connectivity index (χ1n) is 11.4. The number of anilines is 1. The third-order valence-corrected chi connectivity index (χ3v) is 7.46. The number of thioether (sulfide) groups is 1. The van der Waals surface area contributed by atoms with Gasteiger partial charge >= 0.3 is 0 Å². The van der Waals surface area contributed by atoms with Crippen molar-refractivity contribution in [1.82, 2.24) is 20.1 Å². The highest BCUT2D eigenvalue weighted by Gasteiger charge is 2.25. The lowest BCUT2D eigenvalue weighted by Gasteiger charge is -2.21. The van der Waals surface area contributed by atoms with Crippen LogP contribution in [0.5, 0.6) is 0 Å². The first-order chi connectivity index (χ1) is 16.7. The molecule has 0 aliphatic rings. The summed E-state index contributed by atoms with van der Waals surface area (Å²) >= 11 is 11.0. The molecule has 186 valence electrons. The number of hydrogen-bond acceptors (Lipinski definition) is 5. The normalized spacial score (nSPS) is 12.0. The zero-order valence-electron chi connectivity index (χ0n) is 20.1. The van der Waals surface area contributed by atoms with Crippen molar-refractivity contribution in [3.8, 4) is 0 Å². The van der Waals surface area contributed by atoms with Crippen LogP contribution in [0, 0.1) is 12.8 Å². The van der Waals surface area contributed by atoms with Gasteiger partial charge < -0.3 is 15.2 Å². The Bertz CT molecular complexity index is 1200. The summed E-state index contributed by atoms with van der Waals surface area (Å²) in [7, 11) is 0. The molecule has 3 aromatic rings. The van der Waals surface area contributed by atoms with E-state index >= 15 is 0 Å². The van der Waals surface area contributed by atoms with Crippen molar-refractivity contribution in [2.45, 2.75) is 51.9 Å². The molecule has 0 radical (unpaired) electrons. The minimum atomic E-state index is -0.347. The summed E-state index contributed by atoms with van der Waals surface area (Å²) in [5, 5.41) is 15.8. The minimum Gasteiger partial charge on any atom is -0.342 e. The SMILES string of the molecule is CCn1c(SCC(=O)Nc2ccc(Br)c(C)c2)nnc1[C@H](CC(C)C)NC(=O)c1ccccc1Cl. The Morgan fingerprint density at radius 3 is 2.57 bits per heavy atom. The van der Waals surface area contributed by atoms with E-state index in [2.05, 4.69) is 50.6 Å².